The molecule has 0 unspecified atom stereocenters. The van der Waals surface area contributed by atoms with Crippen molar-refractivity contribution in [3.8, 4) is 0 Å². The van der Waals surface area contributed by atoms with Crippen molar-refractivity contribution in [3.63, 3.8) is 0 Å². The van der Waals surface area contributed by atoms with Crippen LogP contribution in [0.1, 0.15) is 22.3 Å². The van der Waals surface area contributed by atoms with Gasteiger partial charge >= 0.3 is 0 Å². The van der Waals surface area contributed by atoms with Gasteiger partial charge in [0.15, 0.2) is 0 Å². The normalized spacial score (nSPS) is 10.3. The van der Waals surface area contributed by atoms with Gasteiger partial charge in [-0.05, 0) is 24.5 Å². The zero-order valence-corrected chi connectivity index (χ0v) is 12.3. The van der Waals surface area contributed by atoms with E-state index in [0.717, 1.165) is 12.8 Å². The molecule has 2 aromatic rings. The molecule has 0 aliphatic heterocycles. The molecule has 1 N–H and O–H groups in total. The summed E-state index contributed by atoms with van der Waals surface area (Å²) < 4.78 is 0. The van der Waals surface area contributed by atoms with Crippen LogP contribution in [0.15, 0.2) is 42.6 Å². The molecule has 3 nitrogen and oxygen atoms in total. The molecule has 20 heavy (non-hydrogen) atoms. The minimum Gasteiger partial charge on any atom is -0.352 e. The first-order valence-electron chi connectivity index (χ1n) is 6.30. The molecule has 1 heterocycles. The summed E-state index contributed by atoms with van der Waals surface area (Å²) in [4.78, 5) is 15.8. The number of amides is 1. The number of nitrogens with zero attached hydrogens (tertiary/aromatic N) is 1. The fourth-order valence-corrected chi connectivity index (χ4v) is 2.17. The molecule has 5 heteroatoms. The lowest BCUT2D eigenvalue weighted by Gasteiger charge is -2.07. The second-order valence-corrected chi connectivity index (χ2v) is 5.13. The smallest absolute Gasteiger partial charge is 0.252 e. The van der Waals surface area contributed by atoms with Gasteiger partial charge in [-0.3, -0.25) is 4.79 Å². The van der Waals surface area contributed by atoms with Gasteiger partial charge < -0.3 is 5.32 Å². The lowest BCUT2D eigenvalue weighted by atomic mass is 10.1. The minimum atomic E-state index is -0.229. The Morgan fingerprint density at radius 1 is 1.20 bits per heavy atom. The molecular weight excluding hydrogens is 295 g/mol. The van der Waals surface area contributed by atoms with Crippen molar-refractivity contribution in [2.45, 2.75) is 12.8 Å². The van der Waals surface area contributed by atoms with E-state index in [4.69, 9.17) is 23.2 Å². The summed E-state index contributed by atoms with van der Waals surface area (Å²) >= 11 is 11.7. The van der Waals surface area contributed by atoms with E-state index in [1.807, 2.05) is 18.2 Å². The summed E-state index contributed by atoms with van der Waals surface area (Å²) in [6.45, 7) is 0.587. The Bertz CT molecular complexity index is 588. The highest BCUT2D eigenvalue weighted by molar-refractivity contribution is 6.35. The number of pyridine rings is 1. The predicted octanol–water partition coefficient (Wildman–Crippen LogP) is 3.75. The number of halogens is 2. The van der Waals surface area contributed by atoms with Gasteiger partial charge in [-0.1, -0.05) is 53.5 Å². The molecule has 1 aromatic carbocycles. The number of hydrogen-bond donors (Lipinski definition) is 1. The topological polar surface area (TPSA) is 42.0 Å². The van der Waals surface area contributed by atoms with Crippen LogP contribution in [0.4, 0.5) is 0 Å². The number of carbonyl (C=O) groups is 1. The molecule has 1 amide bonds. The summed E-state index contributed by atoms with van der Waals surface area (Å²) in [5.41, 5.74) is 1.61. The maximum atomic E-state index is 11.9. The summed E-state index contributed by atoms with van der Waals surface area (Å²) in [6, 6.07) is 11.6. The van der Waals surface area contributed by atoms with Crippen molar-refractivity contribution in [3.05, 3.63) is 63.9 Å². The van der Waals surface area contributed by atoms with E-state index in [2.05, 4.69) is 22.4 Å². The Morgan fingerprint density at radius 3 is 2.70 bits per heavy atom. The van der Waals surface area contributed by atoms with Crippen molar-refractivity contribution in [1.29, 1.82) is 0 Å². The molecule has 104 valence electrons. The first kappa shape index (κ1) is 14.8. The standard InChI is InChI=1S/C15H14Cl2N2O/c16-13-10-19-14(17)9-12(13)15(20)18-8-4-7-11-5-2-1-3-6-11/h1-3,5-6,9-10H,4,7-8H2,(H,18,20). The summed E-state index contributed by atoms with van der Waals surface area (Å²) in [5.74, 6) is -0.229. The second-order valence-electron chi connectivity index (χ2n) is 4.33. The number of carbonyl (C=O) groups excluding carboxylic acids is 1. The van der Waals surface area contributed by atoms with E-state index < -0.39 is 0 Å². The van der Waals surface area contributed by atoms with E-state index in [1.165, 1.54) is 17.8 Å². The molecule has 0 spiro atoms. The van der Waals surface area contributed by atoms with Gasteiger partial charge in [0.25, 0.3) is 5.91 Å². The molecule has 0 aliphatic rings. The SMILES string of the molecule is O=C(NCCCc1ccccc1)c1cc(Cl)ncc1Cl. The molecule has 0 fully saturated rings. The van der Waals surface area contributed by atoms with Gasteiger partial charge in [0, 0.05) is 12.7 Å². The lowest BCUT2D eigenvalue weighted by Crippen LogP contribution is -2.25. The Morgan fingerprint density at radius 2 is 1.95 bits per heavy atom. The molecule has 0 bridgehead atoms. The molecule has 2 rings (SSSR count). The molecule has 0 saturated heterocycles. The van der Waals surface area contributed by atoms with Crippen LogP contribution in [-0.2, 0) is 6.42 Å². The lowest BCUT2D eigenvalue weighted by molar-refractivity contribution is 0.0953. The summed E-state index contributed by atoms with van der Waals surface area (Å²) in [6.07, 6.45) is 3.17. The van der Waals surface area contributed by atoms with Crippen LogP contribution < -0.4 is 5.32 Å². The van der Waals surface area contributed by atoms with Crippen LogP contribution in [-0.4, -0.2) is 17.4 Å². The highest BCUT2D eigenvalue weighted by Gasteiger charge is 2.10. The highest BCUT2D eigenvalue weighted by atomic mass is 35.5. The highest BCUT2D eigenvalue weighted by Crippen LogP contribution is 2.17. The number of aromatic nitrogens is 1. The van der Waals surface area contributed by atoms with E-state index in [0.29, 0.717) is 17.1 Å². The fraction of sp³-hybridized carbons (Fsp3) is 0.200. The van der Waals surface area contributed by atoms with E-state index in [1.54, 1.807) is 0 Å². The number of benzene rings is 1. The predicted molar refractivity (Wildman–Crippen MR) is 81.4 cm³/mol. The van der Waals surface area contributed by atoms with Gasteiger partial charge in [-0.25, -0.2) is 4.98 Å². The molecule has 0 radical (unpaired) electrons. The largest absolute Gasteiger partial charge is 0.352 e. The number of aryl methyl sites for hydroxylation is 1. The van der Waals surface area contributed by atoms with Crippen LogP contribution >= 0.6 is 23.2 Å². The van der Waals surface area contributed by atoms with Gasteiger partial charge in [0.1, 0.15) is 5.15 Å². The zero-order valence-electron chi connectivity index (χ0n) is 10.8. The average Bonchev–Trinajstić information content (AvgIpc) is 2.47. The third kappa shape index (κ3) is 4.22. The molecule has 0 atom stereocenters. The minimum absolute atomic E-state index is 0.229. The first-order valence-corrected chi connectivity index (χ1v) is 7.05. The van der Waals surface area contributed by atoms with Gasteiger partial charge in [-0.15, -0.1) is 0 Å². The zero-order chi connectivity index (χ0) is 14.4. The third-order valence-electron chi connectivity index (χ3n) is 2.84. The second kappa shape index (κ2) is 7.27. The Balaban J connectivity index is 1.82. The Labute approximate surface area is 127 Å². The van der Waals surface area contributed by atoms with Gasteiger partial charge in [-0.2, -0.15) is 0 Å². The maximum Gasteiger partial charge on any atom is 0.252 e. The van der Waals surface area contributed by atoms with Gasteiger partial charge in [0.2, 0.25) is 0 Å². The van der Waals surface area contributed by atoms with E-state index >= 15 is 0 Å². The van der Waals surface area contributed by atoms with Crippen molar-refractivity contribution in [1.82, 2.24) is 10.3 Å². The van der Waals surface area contributed by atoms with Crippen LogP contribution in [0.25, 0.3) is 0 Å². The average molecular weight is 309 g/mol. The quantitative estimate of drug-likeness (QED) is 0.675. The Kier molecular flexibility index (Phi) is 5.39. The maximum absolute atomic E-state index is 11.9. The monoisotopic (exact) mass is 308 g/mol. The fourth-order valence-electron chi connectivity index (χ4n) is 1.82. The van der Waals surface area contributed by atoms with Crippen molar-refractivity contribution < 1.29 is 4.79 Å². The molecule has 1 aromatic heterocycles. The van der Waals surface area contributed by atoms with Crippen LogP contribution in [0.3, 0.4) is 0 Å². The number of hydrogen-bond acceptors (Lipinski definition) is 2. The third-order valence-corrected chi connectivity index (χ3v) is 3.35. The molecule has 0 aliphatic carbocycles. The van der Waals surface area contributed by atoms with E-state index in [-0.39, 0.29) is 11.1 Å². The summed E-state index contributed by atoms with van der Waals surface area (Å²) in [5, 5.41) is 3.38. The van der Waals surface area contributed by atoms with Crippen molar-refractivity contribution in [2.24, 2.45) is 0 Å². The Hall–Kier alpha value is -1.58. The molecule has 0 saturated carbocycles. The van der Waals surface area contributed by atoms with E-state index in [9.17, 15) is 4.79 Å². The number of nitrogens with one attached hydrogen (secondary N) is 1. The van der Waals surface area contributed by atoms with Crippen molar-refractivity contribution in [2.75, 3.05) is 6.54 Å². The van der Waals surface area contributed by atoms with Crippen LogP contribution in [0, 0.1) is 0 Å². The van der Waals surface area contributed by atoms with Crippen molar-refractivity contribution >= 4 is 29.1 Å². The molecular formula is C15H14Cl2N2O. The summed E-state index contributed by atoms with van der Waals surface area (Å²) in [7, 11) is 0. The van der Waals surface area contributed by atoms with Gasteiger partial charge in [0.05, 0.1) is 10.6 Å². The first-order chi connectivity index (χ1) is 9.66. The van der Waals surface area contributed by atoms with Crippen LogP contribution in [0.5, 0.6) is 0 Å². The van der Waals surface area contributed by atoms with Crippen LogP contribution in [0.2, 0.25) is 10.2 Å². The number of rotatable bonds is 5.